The smallest absolute Gasteiger partial charge is 0.410 e. The summed E-state index contributed by atoms with van der Waals surface area (Å²) in [7, 11) is 0. The number of nitrogens with one attached hydrogen (secondary N) is 1. The van der Waals surface area contributed by atoms with Crippen LogP contribution in [0.2, 0.25) is 0 Å². The van der Waals surface area contributed by atoms with Crippen LogP contribution >= 0.6 is 0 Å². The monoisotopic (exact) mass is 407 g/mol. The van der Waals surface area contributed by atoms with Gasteiger partial charge in [0.1, 0.15) is 23.6 Å². The number of ether oxygens (including phenoxy) is 1. The number of hydrogen-bond acceptors (Lipinski definition) is 5. The molecule has 0 bridgehead atoms. The Morgan fingerprint density at radius 3 is 2.80 bits per heavy atom. The van der Waals surface area contributed by atoms with Gasteiger partial charge in [0.25, 0.3) is 0 Å². The van der Waals surface area contributed by atoms with E-state index >= 15 is 0 Å². The first-order chi connectivity index (χ1) is 14.4. The zero-order valence-electron chi connectivity index (χ0n) is 17.8. The van der Waals surface area contributed by atoms with Gasteiger partial charge in [-0.15, -0.1) is 0 Å². The molecule has 1 N–H and O–H groups in total. The Balaban J connectivity index is 1.50. The Bertz CT molecular complexity index is 1020. The van der Waals surface area contributed by atoms with Gasteiger partial charge in [0.15, 0.2) is 0 Å². The normalized spacial score (nSPS) is 17.6. The molecule has 1 fully saturated rings. The molecule has 1 atom stereocenters. The third-order valence-corrected chi connectivity index (χ3v) is 5.11. The molecule has 0 spiro atoms. The Morgan fingerprint density at radius 2 is 1.97 bits per heavy atom. The molecule has 1 saturated heterocycles. The van der Waals surface area contributed by atoms with Gasteiger partial charge >= 0.3 is 6.09 Å². The van der Waals surface area contributed by atoms with Gasteiger partial charge in [-0.25, -0.2) is 14.8 Å². The summed E-state index contributed by atoms with van der Waals surface area (Å²) in [6.07, 6.45) is 4.57. The highest BCUT2D eigenvalue weighted by Crippen LogP contribution is 2.20. The van der Waals surface area contributed by atoms with Gasteiger partial charge in [-0.05, 0) is 64.3 Å². The molecule has 1 aliphatic rings. The summed E-state index contributed by atoms with van der Waals surface area (Å²) < 4.78 is 7.56. The number of rotatable bonds is 3. The molecule has 3 aromatic rings. The van der Waals surface area contributed by atoms with Crippen LogP contribution in [0, 0.1) is 0 Å². The largest absolute Gasteiger partial charge is 0.444 e. The third kappa shape index (κ3) is 4.72. The number of benzene rings is 1. The quantitative estimate of drug-likeness (QED) is 0.686. The molecule has 2 aromatic heterocycles. The summed E-state index contributed by atoms with van der Waals surface area (Å²) in [6.45, 7) is 7.02. The first-order valence-electron chi connectivity index (χ1n) is 10.5. The Kier molecular flexibility index (Phi) is 5.61. The van der Waals surface area contributed by atoms with Crippen molar-refractivity contribution < 1.29 is 9.53 Å². The fourth-order valence-corrected chi connectivity index (χ4v) is 3.74. The molecule has 0 aliphatic carbocycles. The molecule has 1 aliphatic heterocycles. The van der Waals surface area contributed by atoms with Crippen molar-refractivity contribution in [2.45, 2.75) is 51.7 Å². The van der Waals surface area contributed by atoms with Crippen LogP contribution in [0.15, 0.2) is 48.8 Å². The standard InChI is InChI=1S/C23H29N5O2/c1-23(2,3)30-22(29)27-14-7-6-9-17(15-27)25-20-12-8-13-21(26-20)28-16-24-18-10-4-5-11-19(18)28/h4-5,8,10-13,16-17H,6-7,9,14-15H2,1-3H3,(H,25,26). The lowest BCUT2D eigenvalue weighted by atomic mass is 10.1. The van der Waals surface area contributed by atoms with Crippen molar-refractivity contribution >= 4 is 22.9 Å². The van der Waals surface area contributed by atoms with Crippen LogP contribution in [-0.2, 0) is 4.74 Å². The summed E-state index contributed by atoms with van der Waals surface area (Å²) in [5.74, 6) is 1.60. The summed E-state index contributed by atoms with van der Waals surface area (Å²) in [5, 5.41) is 3.52. The van der Waals surface area contributed by atoms with E-state index in [1.807, 2.05) is 72.7 Å². The van der Waals surface area contributed by atoms with Crippen LogP contribution in [0.3, 0.4) is 0 Å². The van der Waals surface area contributed by atoms with E-state index in [1.54, 1.807) is 6.33 Å². The molecular formula is C23H29N5O2. The molecule has 0 saturated carbocycles. The van der Waals surface area contributed by atoms with Crippen molar-refractivity contribution in [1.82, 2.24) is 19.4 Å². The number of nitrogens with zero attached hydrogens (tertiary/aromatic N) is 4. The van der Waals surface area contributed by atoms with Crippen LogP contribution in [0.25, 0.3) is 16.9 Å². The van der Waals surface area contributed by atoms with Crippen LogP contribution < -0.4 is 5.32 Å². The molecule has 0 radical (unpaired) electrons. The number of anilines is 1. The van der Waals surface area contributed by atoms with Crippen LogP contribution in [0.4, 0.5) is 10.6 Å². The second-order valence-electron chi connectivity index (χ2n) is 8.75. The number of aromatic nitrogens is 3. The molecule has 7 nitrogen and oxygen atoms in total. The van der Waals surface area contributed by atoms with E-state index in [0.717, 1.165) is 48.5 Å². The van der Waals surface area contributed by atoms with Crippen LogP contribution in [0.5, 0.6) is 0 Å². The van der Waals surface area contributed by atoms with Crippen molar-refractivity contribution in [3.8, 4) is 5.82 Å². The van der Waals surface area contributed by atoms with Crippen molar-refractivity contribution in [1.29, 1.82) is 0 Å². The van der Waals surface area contributed by atoms with E-state index in [9.17, 15) is 4.79 Å². The predicted octanol–water partition coefficient (Wildman–Crippen LogP) is 4.62. The lowest BCUT2D eigenvalue weighted by Gasteiger charge is -2.28. The number of imidazole rings is 1. The van der Waals surface area contributed by atoms with Gasteiger partial charge in [-0.3, -0.25) is 4.57 Å². The van der Waals surface area contributed by atoms with E-state index in [4.69, 9.17) is 9.72 Å². The van der Waals surface area contributed by atoms with Crippen molar-refractivity contribution in [2.24, 2.45) is 0 Å². The zero-order chi connectivity index (χ0) is 21.1. The summed E-state index contributed by atoms with van der Waals surface area (Å²) >= 11 is 0. The van der Waals surface area contributed by atoms with Crippen LogP contribution in [0.1, 0.15) is 40.0 Å². The second-order valence-corrected chi connectivity index (χ2v) is 8.75. The summed E-state index contributed by atoms with van der Waals surface area (Å²) in [5.41, 5.74) is 1.47. The topological polar surface area (TPSA) is 72.3 Å². The van der Waals surface area contributed by atoms with E-state index in [0.29, 0.717) is 6.54 Å². The van der Waals surface area contributed by atoms with Gasteiger partial charge in [0.2, 0.25) is 0 Å². The highest BCUT2D eigenvalue weighted by Gasteiger charge is 2.26. The van der Waals surface area contributed by atoms with Gasteiger partial charge < -0.3 is 15.0 Å². The minimum absolute atomic E-state index is 0.127. The number of fused-ring (bicyclic) bond motifs is 1. The third-order valence-electron chi connectivity index (χ3n) is 5.11. The number of carbonyl (C=O) groups is 1. The average Bonchev–Trinajstić information content (AvgIpc) is 2.99. The summed E-state index contributed by atoms with van der Waals surface area (Å²) in [4.78, 5) is 23.6. The maximum absolute atomic E-state index is 12.5. The lowest BCUT2D eigenvalue weighted by molar-refractivity contribution is 0.0252. The second kappa shape index (κ2) is 8.34. The predicted molar refractivity (Wildman–Crippen MR) is 118 cm³/mol. The van der Waals surface area contributed by atoms with Gasteiger partial charge in [0.05, 0.1) is 11.0 Å². The molecule has 1 aromatic carbocycles. The van der Waals surface area contributed by atoms with E-state index in [1.165, 1.54) is 0 Å². The summed E-state index contributed by atoms with van der Waals surface area (Å²) in [6, 6.07) is 14.1. The molecule has 158 valence electrons. The number of para-hydroxylation sites is 2. The molecule has 1 amide bonds. The van der Waals surface area contributed by atoms with Gasteiger partial charge in [-0.1, -0.05) is 18.2 Å². The van der Waals surface area contributed by atoms with Crippen LogP contribution in [-0.4, -0.2) is 50.3 Å². The molecule has 3 heterocycles. The number of likely N-dealkylation sites (tertiary alicyclic amines) is 1. The maximum Gasteiger partial charge on any atom is 0.410 e. The number of pyridine rings is 1. The Labute approximate surface area is 177 Å². The average molecular weight is 408 g/mol. The number of carbonyl (C=O) groups excluding carboxylic acids is 1. The highest BCUT2D eigenvalue weighted by atomic mass is 16.6. The molecule has 1 unspecified atom stereocenters. The first-order valence-corrected chi connectivity index (χ1v) is 10.5. The van der Waals surface area contributed by atoms with Crippen molar-refractivity contribution in [3.05, 3.63) is 48.8 Å². The fraction of sp³-hybridized carbons (Fsp3) is 0.435. The zero-order valence-corrected chi connectivity index (χ0v) is 17.8. The Morgan fingerprint density at radius 1 is 1.13 bits per heavy atom. The number of hydrogen-bond donors (Lipinski definition) is 1. The molecule has 4 rings (SSSR count). The number of amides is 1. The SMILES string of the molecule is CC(C)(C)OC(=O)N1CCCCC(Nc2cccc(-n3cnc4ccccc43)n2)C1. The molecule has 7 heteroatoms. The van der Waals surface area contributed by atoms with E-state index in [-0.39, 0.29) is 12.1 Å². The maximum atomic E-state index is 12.5. The molecular weight excluding hydrogens is 378 g/mol. The van der Waals surface area contributed by atoms with Gasteiger partial charge in [0, 0.05) is 19.1 Å². The van der Waals surface area contributed by atoms with E-state index < -0.39 is 5.60 Å². The van der Waals surface area contributed by atoms with Crippen molar-refractivity contribution in [3.63, 3.8) is 0 Å². The van der Waals surface area contributed by atoms with E-state index in [2.05, 4.69) is 10.3 Å². The van der Waals surface area contributed by atoms with Gasteiger partial charge in [-0.2, -0.15) is 0 Å². The molecule has 30 heavy (non-hydrogen) atoms. The fourth-order valence-electron chi connectivity index (χ4n) is 3.74. The first kappa shape index (κ1) is 20.2. The van der Waals surface area contributed by atoms with Crippen molar-refractivity contribution in [2.75, 3.05) is 18.4 Å². The Hall–Kier alpha value is -3.09. The minimum atomic E-state index is -0.490. The highest BCUT2D eigenvalue weighted by molar-refractivity contribution is 5.76. The lowest BCUT2D eigenvalue weighted by Crippen LogP contribution is -2.42. The minimum Gasteiger partial charge on any atom is -0.444 e.